The lowest BCUT2D eigenvalue weighted by atomic mass is 9.78. The SMILES string of the molecule is O=C(O)[C@@H]1[C@@H](C(=O)Nc2ccc3c(c2)CCC3)[C@H]2CC[C@@H]1O2. The van der Waals surface area contributed by atoms with Crippen LogP contribution in [0.15, 0.2) is 18.2 Å². The Balaban J connectivity index is 1.53. The number of aryl methyl sites for hydroxylation is 2. The van der Waals surface area contributed by atoms with Gasteiger partial charge in [-0.05, 0) is 55.4 Å². The number of fused-ring (bicyclic) bond motifs is 3. The number of carboxylic acids is 1. The van der Waals surface area contributed by atoms with E-state index in [1.165, 1.54) is 11.1 Å². The Morgan fingerprint density at radius 2 is 1.82 bits per heavy atom. The van der Waals surface area contributed by atoms with E-state index in [1.54, 1.807) is 0 Å². The number of carboxylic acid groups (broad SMARTS) is 1. The second kappa shape index (κ2) is 5.09. The summed E-state index contributed by atoms with van der Waals surface area (Å²) < 4.78 is 5.65. The molecule has 116 valence electrons. The molecule has 0 saturated carbocycles. The number of anilines is 1. The second-order valence-corrected chi connectivity index (χ2v) is 6.51. The molecule has 4 atom stereocenters. The average Bonchev–Trinajstić information content (AvgIpc) is 3.20. The molecule has 5 heteroatoms. The first-order chi connectivity index (χ1) is 10.6. The monoisotopic (exact) mass is 301 g/mol. The first-order valence-corrected chi connectivity index (χ1v) is 7.94. The van der Waals surface area contributed by atoms with E-state index in [4.69, 9.17) is 4.74 Å². The lowest BCUT2D eigenvalue weighted by Crippen LogP contribution is -2.40. The predicted octanol–water partition coefficient (Wildman–Crippen LogP) is 1.99. The third kappa shape index (κ3) is 2.11. The fraction of sp³-hybridized carbons (Fsp3) is 0.529. The summed E-state index contributed by atoms with van der Waals surface area (Å²) in [6.45, 7) is 0. The second-order valence-electron chi connectivity index (χ2n) is 6.51. The van der Waals surface area contributed by atoms with Crippen molar-refractivity contribution in [1.82, 2.24) is 0 Å². The van der Waals surface area contributed by atoms with Gasteiger partial charge < -0.3 is 15.2 Å². The van der Waals surface area contributed by atoms with Crippen LogP contribution in [0.25, 0.3) is 0 Å². The standard InChI is InChI=1S/C17H19NO4/c19-16(14-12-6-7-13(22-12)15(14)17(20)21)18-11-5-4-9-2-1-3-10(9)8-11/h4-5,8,12-15H,1-3,6-7H2,(H,18,19)(H,20,21)/t12-,13+,14+,15+/m1/s1. The minimum absolute atomic E-state index is 0.224. The van der Waals surface area contributed by atoms with Gasteiger partial charge in [0, 0.05) is 5.69 Å². The molecule has 4 rings (SSSR count). The molecule has 5 nitrogen and oxygen atoms in total. The van der Waals surface area contributed by atoms with Crippen LogP contribution in [0.3, 0.4) is 0 Å². The molecule has 1 aromatic rings. The highest BCUT2D eigenvalue weighted by Crippen LogP contribution is 2.44. The summed E-state index contributed by atoms with van der Waals surface area (Å²) >= 11 is 0. The van der Waals surface area contributed by atoms with E-state index in [0.717, 1.165) is 37.8 Å². The molecule has 2 heterocycles. The molecule has 0 aromatic heterocycles. The largest absolute Gasteiger partial charge is 0.481 e. The van der Waals surface area contributed by atoms with Gasteiger partial charge in [-0.15, -0.1) is 0 Å². The van der Waals surface area contributed by atoms with Crippen molar-refractivity contribution in [3.63, 3.8) is 0 Å². The average molecular weight is 301 g/mol. The van der Waals surface area contributed by atoms with Crippen LogP contribution in [-0.2, 0) is 27.2 Å². The highest BCUT2D eigenvalue weighted by Gasteiger charge is 2.55. The van der Waals surface area contributed by atoms with Crippen molar-refractivity contribution in [1.29, 1.82) is 0 Å². The highest BCUT2D eigenvalue weighted by atomic mass is 16.5. The van der Waals surface area contributed by atoms with E-state index in [0.29, 0.717) is 0 Å². The minimum atomic E-state index is -0.929. The zero-order chi connectivity index (χ0) is 15.3. The first kappa shape index (κ1) is 13.8. The van der Waals surface area contributed by atoms with E-state index in [1.807, 2.05) is 12.1 Å². The van der Waals surface area contributed by atoms with Gasteiger partial charge in [0.25, 0.3) is 0 Å². The van der Waals surface area contributed by atoms with Crippen LogP contribution in [0, 0.1) is 11.8 Å². The number of rotatable bonds is 3. The normalized spacial score (nSPS) is 32.0. The Morgan fingerprint density at radius 3 is 2.59 bits per heavy atom. The Hall–Kier alpha value is -1.88. The van der Waals surface area contributed by atoms with Crippen molar-refractivity contribution in [2.75, 3.05) is 5.32 Å². The molecule has 2 N–H and O–H groups in total. The Morgan fingerprint density at radius 1 is 1.09 bits per heavy atom. The molecule has 0 radical (unpaired) electrons. The van der Waals surface area contributed by atoms with Crippen molar-refractivity contribution in [3.05, 3.63) is 29.3 Å². The van der Waals surface area contributed by atoms with Gasteiger partial charge in [-0.3, -0.25) is 9.59 Å². The predicted molar refractivity (Wildman–Crippen MR) is 79.6 cm³/mol. The molecule has 2 saturated heterocycles. The quantitative estimate of drug-likeness (QED) is 0.895. The number of carbonyl (C=O) groups is 2. The van der Waals surface area contributed by atoms with Crippen LogP contribution in [0.1, 0.15) is 30.4 Å². The van der Waals surface area contributed by atoms with Gasteiger partial charge in [0.2, 0.25) is 5.91 Å². The van der Waals surface area contributed by atoms with Crippen LogP contribution < -0.4 is 5.32 Å². The van der Waals surface area contributed by atoms with Gasteiger partial charge in [-0.25, -0.2) is 0 Å². The maximum atomic E-state index is 12.6. The summed E-state index contributed by atoms with van der Waals surface area (Å²) in [5.41, 5.74) is 3.40. The van der Waals surface area contributed by atoms with Gasteiger partial charge in [0.1, 0.15) is 0 Å². The molecule has 22 heavy (non-hydrogen) atoms. The zero-order valence-corrected chi connectivity index (χ0v) is 12.2. The molecule has 1 aliphatic carbocycles. The van der Waals surface area contributed by atoms with Crippen LogP contribution in [0.5, 0.6) is 0 Å². The molecule has 2 fully saturated rings. The highest BCUT2D eigenvalue weighted by molar-refractivity contribution is 5.96. The zero-order valence-electron chi connectivity index (χ0n) is 12.2. The van der Waals surface area contributed by atoms with Crippen LogP contribution in [0.2, 0.25) is 0 Å². The maximum absolute atomic E-state index is 12.6. The number of hydrogen-bond acceptors (Lipinski definition) is 3. The van der Waals surface area contributed by atoms with Gasteiger partial charge in [0.05, 0.1) is 24.0 Å². The molecule has 2 aliphatic heterocycles. The summed E-state index contributed by atoms with van der Waals surface area (Å²) in [5.74, 6) is -2.45. The van der Waals surface area contributed by atoms with Gasteiger partial charge in [0.15, 0.2) is 0 Å². The topological polar surface area (TPSA) is 75.6 Å². The summed E-state index contributed by atoms with van der Waals surface area (Å²) in [7, 11) is 0. The Bertz CT molecular complexity index is 642. The number of amides is 1. The van der Waals surface area contributed by atoms with Crippen molar-refractivity contribution >= 4 is 17.6 Å². The smallest absolute Gasteiger partial charge is 0.310 e. The molecule has 3 aliphatic rings. The van der Waals surface area contributed by atoms with Crippen LogP contribution in [0.4, 0.5) is 5.69 Å². The molecule has 0 spiro atoms. The van der Waals surface area contributed by atoms with E-state index < -0.39 is 17.8 Å². The molecule has 0 unspecified atom stereocenters. The molecule has 1 amide bonds. The third-order valence-corrected chi connectivity index (χ3v) is 5.23. The number of nitrogens with one attached hydrogen (secondary N) is 1. The van der Waals surface area contributed by atoms with Crippen molar-refractivity contribution in [2.24, 2.45) is 11.8 Å². The van der Waals surface area contributed by atoms with E-state index in [-0.39, 0.29) is 18.1 Å². The fourth-order valence-corrected chi connectivity index (χ4v) is 4.20. The van der Waals surface area contributed by atoms with Gasteiger partial charge in [-0.2, -0.15) is 0 Å². The molecular weight excluding hydrogens is 282 g/mol. The summed E-state index contributed by atoms with van der Waals surface area (Å²) in [5, 5.41) is 12.3. The van der Waals surface area contributed by atoms with Crippen molar-refractivity contribution < 1.29 is 19.4 Å². The summed E-state index contributed by atoms with van der Waals surface area (Å²) in [6, 6.07) is 5.99. The maximum Gasteiger partial charge on any atom is 0.310 e. The lowest BCUT2D eigenvalue weighted by Gasteiger charge is -2.24. The summed E-state index contributed by atoms with van der Waals surface area (Å²) in [6.07, 6.45) is 4.27. The number of benzene rings is 1. The lowest BCUT2D eigenvalue weighted by molar-refractivity contribution is -0.147. The van der Waals surface area contributed by atoms with Crippen molar-refractivity contribution in [3.8, 4) is 0 Å². The molecular formula is C17H19NO4. The number of hydrogen-bond donors (Lipinski definition) is 2. The Labute approximate surface area is 128 Å². The molecule has 2 bridgehead atoms. The number of aliphatic carboxylic acids is 1. The third-order valence-electron chi connectivity index (χ3n) is 5.23. The van der Waals surface area contributed by atoms with E-state index >= 15 is 0 Å². The van der Waals surface area contributed by atoms with Crippen LogP contribution in [-0.4, -0.2) is 29.2 Å². The van der Waals surface area contributed by atoms with Gasteiger partial charge >= 0.3 is 5.97 Å². The van der Waals surface area contributed by atoms with Crippen LogP contribution >= 0.6 is 0 Å². The fourth-order valence-electron chi connectivity index (χ4n) is 4.20. The van der Waals surface area contributed by atoms with E-state index in [2.05, 4.69) is 11.4 Å². The van der Waals surface area contributed by atoms with Crippen molar-refractivity contribution in [2.45, 2.75) is 44.3 Å². The first-order valence-electron chi connectivity index (χ1n) is 7.94. The molecule has 1 aromatic carbocycles. The number of ether oxygens (including phenoxy) is 1. The number of carbonyl (C=O) groups excluding carboxylic acids is 1. The van der Waals surface area contributed by atoms with Gasteiger partial charge in [-0.1, -0.05) is 6.07 Å². The van der Waals surface area contributed by atoms with E-state index in [9.17, 15) is 14.7 Å². The summed E-state index contributed by atoms with van der Waals surface area (Å²) in [4.78, 5) is 24.0. The Kier molecular flexibility index (Phi) is 3.18. The minimum Gasteiger partial charge on any atom is -0.481 e.